The van der Waals surface area contributed by atoms with Crippen molar-refractivity contribution >= 4 is 27.8 Å². The summed E-state index contributed by atoms with van der Waals surface area (Å²) in [6.45, 7) is 9.37. The molecule has 4 nitrogen and oxygen atoms in total. The minimum absolute atomic E-state index is 0.378. The molecule has 2 aromatic carbocycles. The number of para-hydroxylation sites is 1. The van der Waals surface area contributed by atoms with E-state index >= 15 is 0 Å². The number of aryl methyl sites for hydroxylation is 2. The van der Waals surface area contributed by atoms with Crippen molar-refractivity contribution in [1.82, 2.24) is 4.98 Å². The lowest BCUT2D eigenvalue weighted by atomic mass is 9.99. The monoisotopic (exact) mass is 376 g/mol. The van der Waals surface area contributed by atoms with Crippen LogP contribution in [0, 0.1) is 13.5 Å². The van der Waals surface area contributed by atoms with Gasteiger partial charge in [0.15, 0.2) is 6.20 Å². The molecule has 3 aromatic heterocycles. The van der Waals surface area contributed by atoms with Crippen molar-refractivity contribution in [1.29, 1.82) is 0 Å². The Morgan fingerprint density at radius 1 is 0.966 bits per heavy atom. The number of benzene rings is 2. The highest BCUT2D eigenvalue weighted by Gasteiger charge is 2.21. The van der Waals surface area contributed by atoms with Crippen molar-refractivity contribution in [3.8, 4) is 22.4 Å². The second-order valence-corrected chi connectivity index (χ2v) is 7.13. The highest BCUT2D eigenvalue weighted by molar-refractivity contribution is 6.13. The van der Waals surface area contributed by atoms with E-state index in [2.05, 4.69) is 45.6 Å². The van der Waals surface area contributed by atoms with Gasteiger partial charge in [-0.2, -0.15) is 0 Å². The predicted octanol–water partition coefficient (Wildman–Crippen LogP) is 6.00. The Kier molecular flexibility index (Phi) is 3.89. The lowest BCUT2D eigenvalue weighted by Crippen LogP contribution is -2.30. The number of aromatic nitrogens is 2. The van der Waals surface area contributed by atoms with Gasteiger partial charge in [0.25, 0.3) is 5.82 Å². The molecule has 0 saturated carbocycles. The van der Waals surface area contributed by atoms with Gasteiger partial charge in [0.1, 0.15) is 24.4 Å². The first-order valence-corrected chi connectivity index (χ1v) is 9.41. The van der Waals surface area contributed by atoms with Crippen LogP contribution in [0.3, 0.4) is 0 Å². The Labute approximate surface area is 168 Å². The highest BCUT2D eigenvalue weighted by atomic mass is 16.3. The number of pyridine rings is 2. The molecule has 5 rings (SSSR count). The van der Waals surface area contributed by atoms with Gasteiger partial charge in [0.05, 0.1) is 5.56 Å². The van der Waals surface area contributed by atoms with Gasteiger partial charge in [0, 0.05) is 28.5 Å². The van der Waals surface area contributed by atoms with E-state index in [0.29, 0.717) is 5.82 Å². The Bertz CT molecular complexity index is 1440. The Morgan fingerprint density at radius 3 is 2.66 bits per heavy atom. The molecule has 29 heavy (non-hydrogen) atoms. The minimum atomic E-state index is 0.378. The van der Waals surface area contributed by atoms with E-state index in [4.69, 9.17) is 11.0 Å². The molecule has 0 amide bonds. The lowest BCUT2D eigenvalue weighted by molar-refractivity contribution is -0.660. The topological polar surface area (TPSA) is 34.3 Å². The van der Waals surface area contributed by atoms with Gasteiger partial charge >= 0.3 is 0 Å². The predicted molar refractivity (Wildman–Crippen MR) is 115 cm³/mol. The number of furan rings is 1. The quantitative estimate of drug-likeness (QED) is 0.280. The third kappa shape index (κ3) is 2.67. The zero-order chi connectivity index (χ0) is 20.0. The first kappa shape index (κ1) is 17.2. The lowest BCUT2D eigenvalue weighted by Gasteiger charge is -2.05. The fourth-order valence-electron chi connectivity index (χ4n) is 3.94. The van der Waals surface area contributed by atoms with Crippen LogP contribution >= 0.6 is 0 Å². The Morgan fingerprint density at radius 2 is 1.83 bits per heavy atom. The van der Waals surface area contributed by atoms with Gasteiger partial charge < -0.3 is 9.26 Å². The summed E-state index contributed by atoms with van der Waals surface area (Å²) >= 11 is 0. The molecule has 138 valence electrons. The first-order chi connectivity index (χ1) is 14.2. The molecular formula is C25H18N3O+. The van der Waals surface area contributed by atoms with Crippen LogP contribution in [0.4, 0.5) is 5.82 Å². The number of rotatable bonds is 2. The summed E-state index contributed by atoms with van der Waals surface area (Å²) in [6, 6.07) is 20.3. The van der Waals surface area contributed by atoms with Crippen LogP contribution in [-0.2, 0) is 7.05 Å². The normalized spacial score (nSPS) is 11.1. The van der Waals surface area contributed by atoms with Crippen molar-refractivity contribution < 1.29 is 8.98 Å². The Balaban J connectivity index is 1.86. The molecule has 3 heterocycles. The van der Waals surface area contributed by atoms with Gasteiger partial charge in [0.2, 0.25) is 5.69 Å². The average Bonchev–Trinajstić information content (AvgIpc) is 3.13. The molecule has 0 spiro atoms. The van der Waals surface area contributed by atoms with E-state index in [0.717, 1.165) is 44.3 Å². The molecule has 0 aliphatic carbocycles. The zero-order valence-corrected chi connectivity index (χ0v) is 16.2. The van der Waals surface area contributed by atoms with E-state index in [-0.39, 0.29) is 0 Å². The number of hydrogen-bond acceptors (Lipinski definition) is 2. The van der Waals surface area contributed by atoms with Crippen LogP contribution in [-0.4, -0.2) is 4.98 Å². The molecule has 0 aliphatic rings. The standard InChI is InChI=1S/C25H18N3O/c1-16-10-11-20-19-8-6-7-18(17-12-13-27-22(15-17)26-2)24(19)29-25(20)23(16)21-9-4-5-14-28(21)3/h4-15H,1,3H3/q+1. The molecule has 0 saturated heterocycles. The van der Waals surface area contributed by atoms with Crippen LogP contribution in [0.1, 0.15) is 5.56 Å². The van der Waals surface area contributed by atoms with E-state index in [1.807, 2.05) is 43.6 Å². The molecule has 5 aromatic rings. The van der Waals surface area contributed by atoms with Gasteiger partial charge in [-0.3, -0.25) is 0 Å². The molecule has 4 heteroatoms. The van der Waals surface area contributed by atoms with E-state index in [1.54, 1.807) is 12.3 Å². The summed E-state index contributed by atoms with van der Waals surface area (Å²) in [5.74, 6) is 0.378. The first-order valence-electron chi connectivity index (χ1n) is 9.41. The SMILES string of the molecule is [C-]#[N+]c1cc(-c2cccc3c2oc2c(-c4cccc[n+]4C)c(C)ccc23)ccn1. The summed E-state index contributed by atoms with van der Waals surface area (Å²) in [6.07, 6.45) is 3.72. The van der Waals surface area contributed by atoms with Crippen molar-refractivity contribution in [2.45, 2.75) is 6.92 Å². The van der Waals surface area contributed by atoms with Crippen molar-refractivity contribution in [3.63, 3.8) is 0 Å². The van der Waals surface area contributed by atoms with Gasteiger partial charge in [-0.1, -0.05) is 36.9 Å². The highest BCUT2D eigenvalue weighted by Crippen LogP contribution is 2.40. The summed E-state index contributed by atoms with van der Waals surface area (Å²) in [5.41, 5.74) is 6.98. The maximum atomic E-state index is 7.26. The van der Waals surface area contributed by atoms with Crippen molar-refractivity contribution in [2.75, 3.05) is 0 Å². The van der Waals surface area contributed by atoms with E-state index in [9.17, 15) is 0 Å². The third-order valence-electron chi connectivity index (χ3n) is 5.36. The molecule has 0 fully saturated rings. The summed E-state index contributed by atoms with van der Waals surface area (Å²) in [4.78, 5) is 7.55. The van der Waals surface area contributed by atoms with E-state index < -0.39 is 0 Å². The maximum absolute atomic E-state index is 7.26. The maximum Gasteiger partial charge on any atom is 0.270 e. The zero-order valence-electron chi connectivity index (χ0n) is 16.2. The van der Waals surface area contributed by atoms with Crippen LogP contribution in [0.15, 0.2) is 77.5 Å². The third-order valence-corrected chi connectivity index (χ3v) is 5.36. The van der Waals surface area contributed by atoms with Gasteiger partial charge in [-0.05, 0) is 36.2 Å². The molecule has 0 atom stereocenters. The Hall–Kier alpha value is -3.97. The van der Waals surface area contributed by atoms with Crippen LogP contribution in [0.25, 0.3) is 49.2 Å². The van der Waals surface area contributed by atoms with Crippen molar-refractivity contribution in [3.05, 3.63) is 90.0 Å². The summed E-state index contributed by atoms with van der Waals surface area (Å²) in [5, 5.41) is 2.16. The van der Waals surface area contributed by atoms with E-state index in [1.165, 1.54) is 5.56 Å². The average molecular weight is 376 g/mol. The van der Waals surface area contributed by atoms with Crippen LogP contribution < -0.4 is 4.57 Å². The van der Waals surface area contributed by atoms with Crippen LogP contribution in [0.2, 0.25) is 0 Å². The number of hydrogen-bond donors (Lipinski definition) is 0. The largest absolute Gasteiger partial charge is 0.454 e. The molecular weight excluding hydrogens is 358 g/mol. The minimum Gasteiger partial charge on any atom is -0.454 e. The molecule has 0 radical (unpaired) electrons. The van der Waals surface area contributed by atoms with Gasteiger partial charge in [-0.25, -0.2) is 4.57 Å². The number of nitrogens with zero attached hydrogens (tertiary/aromatic N) is 3. The second kappa shape index (κ2) is 6.57. The number of fused-ring (bicyclic) bond motifs is 3. The fraction of sp³-hybridized carbons (Fsp3) is 0.0800. The van der Waals surface area contributed by atoms with Gasteiger partial charge in [-0.15, -0.1) is 4.98 Å². The second-order valence-electron chi connectivity index (χ2n) is 7.13. The van der Waals surface area contributed by atoms with Crippen LogP contribution in [0.5, 0.6) is 0 Å². The fourth-order valence-corrected chi connectivity index (χ4v) is 3.94. The summed E-state index contributed by atoms with van der Waals surface area (Å²) < 4.78 is 8.63. The molecule has 0 unspecified atom stereocenters. The smallest absolute Gasteiger partial charge is 0.270 e. The molecule has 0 N–H and O–H groups in total. The van der Waals surface area contributed by atoms with Crippen molar-refractivity contribution in [2.24, 2.45) is 7.05 Å². The summed E-state index contributed by atoms with van der Waals surface area (Å²) in [7, 11) is 2.05. The molecule has 0 aliphatic heterocycles. The molecule has 0 bridgehead atoms.